The highest BCUT2D eigenvalue weighted by Gasteiger charge is 2.33. The topological polar surface area (TPSA) is 62.9 Å². The zero-order valence-electron chi connectivity index (χ0n) is 13.4. The lowest BCUT2D eigenvalue weighted by Crippen LogP contribution is -2.50. The third kappa shape index (κ3) is 3.13. The van der Waals surface area contributed by atoms with Crippen LogP contribution in [0.1, 0.15) is 6.42 Å². The van der Waals surface area contributed by atoms with Gasteiger partial charge in [0.2, 0.25) is 4.77 Å². The Morgan fingerprint density at radius 1 is 1.21 bits per heavy atom. The molecule has 0 saturated carbocycles. The summed E-state index contributed by atoms with van der Waals surface area (Å²) in [5.74, 6) is 0.665. The highest BCUT2D eigenvalue weighted by atomic mass is 32.2. The van der Waals surface area contributed by atoms with Gasteiger partial charge in [-0.05, 0) is 30.8 Å². The maximum Gasteiger partial charge on any atom is 0.203 e. The highest BCUT2D eigenvalue weighted by molar-refractivity contribution is 7.91. The third-order valence-corrected chi connectivity index (χ3v) is 7.11. The molecule has 2 aliphatic heterocycles. The fraction of sp³-hybridized carbons (Fsp3) is 0.600. The summed E-state index contributed by atoms with van der Waals surface area (Å²) in [4.78, 5) is 4.65. The van der Waals surface area contributed by atoms with Gasteiger partial charge in [-0.25, -0.2) is 13.1 Å². The number of pyridine rings is 1. The van der Waals surface area contributed by atoms with Crippen LogP contribution < -0.4 is 0 Å². The van der Waals surface area contributed by atoms with Crippen molar-refractivity contribution < 1.29 is 8.42 Å². The van der Waals surface area contributed by atoms with E-state index in [1.165, 1.54) is 0 Å². The van der Waals surface area contributed by atoms with Crippen LogP contribution in [0.25, 0.3) is 5.65 Å². The number of fused-ring (bicyclic) bond motifs is 1. The molecule has 1 atom stereocenters. The van der Waals surface area contributed by atoms with Gasteiger partial charge in [0.25, 0.3) is 0 Å². The molecule has 24 heavy (non-hydrogen) atoms. The van der Waals surface area contributed by atoms with E-state index in [2.05, 4.69) is 14.9 Å². The molecular weight excluding hydrogens is 346 g/mol. The zero-order valence-corrected chi connectivity index (χ0v) is 15.0. The van der Waals surface area contributed by atoms with Gasteiger partial charge in [0.15, 0.2) is 15.5 Å². The summed E-state index contributed by atoms with van der Waals surface area (Å²) in [6, 6.07) is 6.05. The SMILES string of the molecule is O=S1(=O)CC[C@H](N2CCN(Cn3nc4ccccn4c3=S)CC2)C1. The maximum absolute atomic E-state index is 11.6. The number of nitrogens with zero attached hydrogens (tertiary/aromatic N) is 5. The first-order valence-corrected chi connectivity index (χ1v) is 10.5. The van der Waals surface area contributed by atoms with Crippen LogP contribution in [0.4, 0.5) is 0 Å². The number of sulfone groups is 1. The van der Waals surface area contributed by atoms with Crippen molar-refractivity contribution in [2.24, 2.45) is 0 Å². The summed E-state index contributed by atoms with van der Waals surface area (Å²) in [7, 11) is -2.81. The maximum atomic E-state index is 11.6. The molecule has 2 aliphatic rings. The molecule has 2 fully saturated rings. The summed E-state index contributed by atoms with van der Waals surface area (Å²) in [6.07, 6.45) is 2.71. The van der Waals surface area contributed by atoms with Gasteiger partial charge in [-0.2, -0.15) is 5.10 Å². The highest BCUT2D eigenvalue weighted by Crippen LogP contribution is 2.19. The number of rotatable bonds is 3. The molecule has 2 saturated heterocycles. The van der Waals surface area contributed by atoms with Gasteiger partial charge >= 0.3 is 0 Å². The van der Waals surface area contributed by atoms with Gasteiger partial charge in [0.05, 0.1) is 18.2 Å². The molecule has 0 N–H and O–H groups in total. The van der Waals surface area contributed by atoms with Gasteiger partial charge in [-0.15, -0.1) is 0 Å². The Bertz CT molecular complexity index is 896. The summed E-state index contributed by atoms with van der Waals surface area (Å²) in [5.41, 5.74) is 0.859. The molecule has 4 rings (SSSR count). The molecule has 7 nitrogen and oxygen atoms in total. The predicted octanol–water partition coefficient (Wildman–Crippen LogP) is 0.627. The van der Waals surface area contributed by atoms with Crippen LogP contribution in [0.5, 0.6) is 0 Å². The van der Waals surface area contributed by atoms with Crippen LogP contribution >= 0.6 is 12.2 Å². The lowest BCUT2D eigenvalue weighted by Gasteiger charge is -2.37. The zero-order chi connectivity index (χ0) is 16.7. The molecular formula is C15H21N5O2S2. The second-order valence-corrected chi connectivity index (χ2v) is 9.16. The Labute approximate surface area is 146 Å². The normalized spacial score (nSPS) is 25.4. The summed E-state index contributed by atoms with van der Waals surface area (Å²) in [5, 5.41) is 4.56. The monoisotopic (exact) mass is 367 g/mol. The van der Waals surface area contributed by atoms with E-state index in [0.717, 1.165) is 38.2 Å². The van der Waals surface area contributed by atoms with Crippen LogP contribution in [-0.2, 0) is 16.5 Å². The van der Waals surface area contributed by atoms with Crippen LogP contribution in [-0.4, -0.2) is 76.1 Å². The van der Waals surface area contributed by atoms with Crippen molar-refractivity contribution in [2.45, 2.75) is 19.1 Å². The number of piperazine rings is 1. The molecule has 0 radical (unpaired) electrons. The minimum Gasteiger partial charge on any atom is -0.297 e. The van der Waals surface area contributed by atoms with Gasteiger partial charge < -0.3 is 0 Å². The molecule has 0 aliphatic carbocycles. The third-order valence-electron chi connectivity index (χ3n) is 4.95. The van der Waals surface area contributed by atoms with Crippen LogP contribution in [0.15, 0.2) is 24.4 Å². The molecule has 0 aromatic carbocycles. The average molecular weight is 368 g/mol. The average Bonchev–Trinajstić information content (AvgIpc) is 3.09. The number of hydrogen-bond acceptors (Lipinski definition) is 6. The first kappa shape index (κ1) is 16.2. The van der Waals surface area contributed by atoms with E-state index >= 15 is 0 Å². The Hall–Kier alpha value is -1.29. The smallest absolute Gasteiger partial charge is 0.203 e. The first-order valence-electron chi connectivity index (χ1n) is 8.23. The molecule has 0 unspecified atom stereocenters. The Kier molecular flexibility index (Phi) is 4.19. The largest absolute Gasteiger partial charge is 0.297 e. The molecule has 2 aromatic heterocycles. The number of hydrogen-bond donors (Lipinski definition) is 0. The van der Waals surface area contributed by atoms with Crippen LogP contribution in [0, 0.1) is 4.77 Å². The fourth-order valence-corrected chi connectivity index (χ4v) is 5.60. The van der Waals surface area contributed by atoms with Crippen molar-refractivity contribution in [1.29, 1.82) is 0 Å². The van der Waals surface area contributed by atoms with Crippen molar-refractivity contribution in [2.75, 3.05) is 37.7 Å². The molecule has 0 amide bonds. The van der Waals surface area contributed by atoms with Crippen molar-refractivity contribution in [3.8, 4) is 0 Å². The van der Waals surface area contributed by atoms with Gasteiger partial charge in [-0.3, -0.25) is 14.2 Å². The van der Waals surface area contributed by atoms with Crippen molar-refractivity contribution in [3.63, 3.8) is 0 Å². The summed E-state index contributed by atoms with van der Waals surface area (Å²) < 4.78 is 27.8. The fourth-order valence-electron chi connectivity index (χ4n) is 3.58. The van der Waals surface area contributed by atoms with Crippen LogP contribution in [0.3, 0.4) is 0 Å². The minimum absolute atomic E-state index is 0.203. The molecule has 2 aromatic rings. The van der Waals surface area contributed by atoms with Crippen molar-refractivity contribution >= 4 is 27.7 Å². The second kappa shape index (κ2) is 6.21. The Morgan fingerprint density at radius 2 is 2.00 bits per heavy atom. The molecule has 0 bridgehead atoms. The van der Waals surface area contributed by atoms with Gasteiger partial charge in [0, 0.05) is 38.4 Å². The van der Waals surface area contributed by atoms with E-state index in [1.54, 1.807) is 0 Å². The summed E-state index contributed by atoms with van der Waals surface area (Å²) >= 11 is 5.49. The van der Waals surface area contributed by atoms with Gasteiger partial charge in [-0.1, -0.05) is 6.07 Å². The molecule has 4 heterocycles. The van der Waals surface area contributed by atoms with Crippen molar-refractivity contribution in [3.05, 3.63) is 29.2 Å². The van der Waals surface area contributed by atoms with E-state index < -0.39 is 9.84 Å². The summed E-state index contributed by atoms with van der Waals surface area (Å²) in [6.45, 7) is 4.30. The quantitative estimate of drug-likeness (QED) is 0.742. The standard InChI is InChI=1S/C15H21N5O2S2/c21-24(22)10-4-13(11-24)18-8-6-17(7-9-18)12-20-15(23)19-5-2-1-3-14(19)16-20/h1-3,5,13H,4,6-12H2/t13-/m0/s1. The molecule has 9 heteroatoms. The minimum atomic E-state index is -2.81. The first-order chi connectivity index (χ1) is 11.5. The molecule has 0 spiro atoms. The lowest BCUT2D eigenvalue weighted by atomic mass is 10.2. The van der Waals surface area contributed by atoms with E-state index in [-0.39, 0.29) is 6.04 Å². The van der Waals surface area contributed by atoms with Gasteiger partial charge in [0.1, 0.15) is 0 Å². The number of aromatic nitrogens is 3. The molecule has 130 valence electrons. The van der Waals surface area contributed by atoms with E-state index in [0.29, 0.717) is 22.9 Å². The van der Waals surface area contributed by atoms with Crippen LogP contribution in [0.2, 0.25) is 0 Å². The Balaban J connectivity index is 1.39. The van der Waals surface area contributed by atoms with Crippen molar-refractivity contribution in [1.82, 2.24) is 24.0 Å². The predicted molar refractivity (Wildman–Crippen MR) is 94.2 cm³/mol. The Morgan fingerprint density at radius 3 is 2.67 bits per heavy atom. The lowest BCUT2D eigenvalue weighted by molar-refractivity contribution is 0.0809. The van der Waals surface area contributed by atoms with E-state index in [1.807, 2.05) is 33.5 Å². The van der Waals surface area contributed by atoms with E-state index in [4.69, 9.17) is 12.2 Å². The van der Waals surface area contributed by atoms with E-state index in [9.17, 15) is 8.42 Å². The second-order valence-electron chi connectivity index (χ2n) is 6.56.